The molecule has 0 aliphatic heterocycles. The van der Waals surface area contributed by atoms with Gasteiger partial charge in [0.1, 0.15) is 5.76 Å². The molecule has 0 unspecified atom stereocenters. The van der Waals surface area contributed by atoms with E-state index < -0.39 is 0 Å². The summed E-state index contributed by atoms with van der Waals surface area (Å²) >= 11 is 0. The summed E-state index contributed by atoms with van der Waals surface area (Å²) in [6, 6.07) is 6.45. The monoisotopic (exact) mass is 188 g/mol. The molecule has 1 nitrogen and oxygen atoms in total. The maximum Gasteiger partial charge on any atom is 0.123 e. The molecule has 14 heavy (non-hydrogen) atoms. The van der Waals surface area contributed by atoms with Crippen molar-refractivity contribution in [3.63, 3.8) is 0 Å². The molecule has 0 N–H and O–H groups in total. The van der Waals surface area contributed by atoms with Crippen molar-refractivity contribution in [1.82, 2.24) is 0 Å². The first-order valence-corrected chi connectivity index (χ1v) is 5.18. The number of ether oxygens (including phenoxy) is 1. The molecule has 0 saturated carbocycles. The van der Waals surface area contributed by atoms with Crippen LogP contribution in [0.1, 0.15) is 36.5 Å². The van der Waals surface area contributed by atoms with Crippen LogP contribution in [-0.2, 0) is 4.74 Å². The van der Waals surface area contributed by atoms with Crippen LogP contribution in [0.4, 0.5) is 0 Å². The van der Waals surface area contributed by atoms with Crippen LogP contribution in [0.25, 0.3) is 5.76 Å². The fraction of sp³-hybridized carbons (Fsp3) is 0.385. The van der Waals surface area contributed by atoms with Gasteiger partial charge in [0.2, 0.25) is 0 Å². The van der Waals surface area contributed by atoms with E-state index in [2.05, 4.69) is 38.1 Å². The second-order valence-electron chi connectivity index (χ2n) is 3.79. The number of hydrogen-bond donors (Lipinski definition) is 0. The smallest absolute Gasteiger partial charge is 0.123 e. The molecule has 1 heteroatoms. The number of allylic oxidation sites excluding steroid dienone is 1. The quantitative estimate of drug-likeness (QED) is 0.690. The first-order chi connectivity index (χ1) is 6.74. The van der Waals surface area contributed by atoms with E-state index in [9.17, 15) is 0 Å². The van der Waals surface area contributed by atoms with Crippen molar-refractivity contribution in [1.29, 1.82) is 0 Å². The van der Waals surface area contributed by atoms with E-state index in [1.807, 2.05) is 6.92 Å². The van der Waals surface area contributed by atoms with Crippen LogP contribution < -0.4 is 0 Å². The minimum atomic E-state index is 0.492. The van der Waals surface area contributed by atoms with E-state index in [4.69, 9.17) is 4.74 Å². The highest BCUT2D eigenvalue weighted by atomic mass is 16.5. The second kappa shape index (κ2) is 3.49. The van der Waals surface area contributed by atoms with E-state index in [0.29, 0.717) is 5.92 Å². The van der Waals surface area contributed by atoms with Crippen molar-refractivity contribution in [3.05, 3.63) is 41.0 Å². The molecule has 1 atom stereocenters. The summed E-state index contributed by atoms with van der Waals surface area (Å²) in [4.78, 5) is 0. The zero-order valence-corrected chi connectivity index (χ0v) is 9.00. The van der Waals surface area contributed by atoms with Crippen molar-refractivity contribution in [3.8, 4) is 0 Å². The molecule has 0 amide bonds. The SMILES string of the molecule is CCOC1=C[C@H](C)c2cccc(C)c21. The van der Waals surface area contributed by atoms with Crippen LogP contribution in [-0.4, -0.2) is 6.61 Å². The molecule has 1 aromatic rings. The summed E-state index contributed by atoms with van der Waals surface area (Å²) in [6.45, 7) is 7.13. The van der Waals surface area contributed by atoms with Crippen LogP contribution in [0.3, 0.4) is 0 Å². The van der Waals surface area contributed by atoms with E-state index in [1.165, 1.54) is 16.7 Å². The van der Waals surface area contributed by atoms with Gasteiger partial charge < -0.3 is 4.74 Å². The van der Waals surface area contributed by atoms with E-state index in [0.717, 1.165) is 12.4 Å². The highest BCUT2D eigenvalue weighted by molar-refractivity contribution is 5.72. The summed E-state index contributed by atoms with van der Waals surface area (Å²) in [7, 11) is 0. The zero-order valence-electron chi connectivity index (χ0n) is 9.00. The van der Waals surface area contributed by atoms with Gasteiger partial charge in [-0.3, -0.25) is 0 Å². The highest BCUT2D eigenvalue weighted by Gasteiger charge is 2.22. The van der Waals surface area contributed by atoms with Crippen LogP contribution in [0.5, 0.6) is 0 Å². The van der Waals surface area contributed by atoms with Gasteiger partial charge in [0.25, 0.3) is 0 Å². The Bertz CT molecular complexity index is 377. The van der Waals surface area contributed by atoms with Crippen molar-refractivity contribution >= 4 is 5.76 Å². The van der Waals surface area contributed by atoms with E-state index in [-0.39, 0.29) is 0 Å². The Labute approximate surface area is 85.4 Å². The highest BCUT2D eigenvalue weighted by Crippen LogP contribution is 2.37. The average molecular weight is 188 g/mol. The van der Waals surface area contributed by atoms with E-state index >= 15 is 0 Å². The number of benzene rings is 1. The molecular weight excluding hydrogens is 172 g/mol. The Morgan fingerprint density at radius 2 is 2.14 bits per heavy atom. The minimum Gasteiger partial charge on any atom is -0.494 e. The number of aryl methyl sites for hydroxylation is 1. The molecule has 1 aromatic carbocycles. The molecule has 1 aliphatic carbocycles. The Hall–Kier alpha value is -1.24. The largest absolute Gasteiger partial charge is 0.494 e. The van der Waals surface area contributed by atoms with Gasteiger partial charge in [0.15, 0.2) is 0 Å². The predicted octanol–water partition coefficient (Wildman–Crippen LogP) is 3.49. The van der Waals surface area contributed by atoms with Gasteiger partial charge >= 0.3 is 0 Å². The normalized spacial score (nSPS) is 19.1. The molecule has 74 valence electrons. The summed E-state index contributed by atoms with van der Waals surface area (Å²) in [5.74, 6) is 1.56. The second-order valence-corrected chi connectivity index (χ2v) is 3.79. The number of fused-ring (bicyclic) bond motifs is 1. The molecule has 0 bridgehead atoms. The third-order valence-electron chi connectivity index (χ3n) is 2.74. The molecule has 0 aromatic heterocycles. The Balaban J connectivity index is 2.49. The molecule has 0 heterocycles. The van der Waals surface area contributed by atoms with Gasteiger partial charge in [-0.05, 0) is 31.1 Å². The Morgan fingerprint density at radius 3 is 2.86 bits per heavy atom. The fourth-order valence-corrected chi connectivity index (χ4v) is 2.08. The molecule has 1 aliphatic rings. The summed E-state index contributed by atoms with van der Waals surface area (Å²) in [5, 5.41) is 0. The van der Waals surface area contributed by atoms with Gasteiger partial charge in [-0.1, -0.05) is 25.1 Å². The lowest BCUT2D eigenvalue weighted by molar-refractivity contribution is 0.298. The maximum absolute atomic E-state index is 5.64. The fourth-order valence-electron chi connectivity index (χ4n) is 2.08. The summed E-state index contributed by atoms with van der Waals surface area (Å²) in [6.07, 6.45) is 2.21. The van der Waals surface area contributed by atoms with Crippen LogP contribution >= 0.6 is 0 Å². The first-order valence-electron chi connectivity index (χ1n) is 5.18. The lowest BCUT2D eigenvalue weighted by Gasteiger charge is -2.10. The minimum absolute atomic E-state index is 0.492. The van der Waals surface area contributed by atoms with Crippen LogP contribution in [0.2, 0.25) is 0 Å². The number of hydrogen-bond acceptors (Lipinski definition) is 1. The Kier molecular flexibility index (Phi) is 2.32. The lowest BCUT2D eigenvalue weighted by Crippen LogP contribution is -1.93. The van der Waals surface area contributed by atoms with Crippen LogP contribution in [0, 0.1) is 6.92 Å². The van der Waals surface area contributed by atoms with Gasteiger partial charge in [-0.25, -0.2) is 0 Å². The predicted molar refractivity (Wildman–Crippen MR) is 59.2 cm³/mol. The number of rotatable bonds is 2. The molecule has 0 saturated heterocycles. The summed E-state index contributed by atoms with van der Waals surface area (Å²) in [5.41, 5.74) is 4.02. The third kappa shape index (κ3) is 1.33. The maximum atomic E-state index is 5.64. The van der Waals surface area contributed by atoms with Crippen LogP contribution in [0.15, 0.2) is 24.3 Å². The van der Waals surface area contributed by atoms with Crippen molar-refractivity contribution < 1.29 is 4.74 Å². The molecule has 0 spiro atoms. The van der Waals surface area contributed by atoms with Crippen molar-refractivity contribution in [2.45, 2.75) is 26.7 Å². The average Bonchev–Trinajstić information content (AvgIpc) is 2.46. The van der Waals surface area contributed by atoms with Crippen molar-refractivity contribution in [2.75, 3.05) is 6.61 Å². The van der Waals surface area contributed by atoms with Gasteiger partial charge in [0.05, 0.1) is 6.61 Å². The zero-order chi connectivity index (χ0) is 10.1. The van der Waals surface area contributed by atoms with Crippen molar-refractivity contribution in [2.24, 2.45) is 0 Å². The van der Waals surface area contributed by atoms with Gasteiger partial charge in [-0.2, -0.15) is 0 Å². The first kappa shape index (κ1) is 9.32. The molecule has 2 rings (SSSR count). The standard InChI is InChI=1S/C13H16O/c1-4-14-12-8-10(3)11-7-5-6-9(2)13(11)12/h5-8,10H,4H2,1-3H3/t10-/m0/s1. The molecular formula is C13H16O. The third-order valence-corrected chi connectivity index (χ3v) is 2.74. The lowest BCUT2D eigenvalue weighted by atomic mass is 9.99. The van der Waals surface area contributed by atoms with E-state index in [1.54, 1.807) is 0 Å². The summed E-state index contributed by atoms with van der Waals surface area (Å²) < 4.78 is 5.64. The molecule has 0 fully saturated rings. The van der Waals surface area contributed by atoms with Gasteiger partial charge in [0, 0.05) is 11.5 Å². The van der Waals surface area contributed by atoms with Gasteiger partial charge in [-0.15, -0.1) is 0 Å². The topological polar surface area (TPSA) is 9.23 Å². The molecule has 0 radical (unpaired) electrons. The Morgan fingerprint density at radius 1 is 1.36 bits per heavy atom.